The van der Waals surface area contributed by atoms with E-state index in [9.17, 15) is 14.4 Å². The molecule has 2 heterocycles. The molecule has 7 heteroatoms. The number of Topliss-reactive ketones (excluding diaryl/α,β-unsaturated/α-hetero) is 1. The van der Waals surface area contributed by atoms with E-state index in [2.05, 4.69) is 0 Å². The molecule has 1 saturated heterocycles. The van der Waals surface area contributed by atoms with Crippen LogP contribution in [0.25, 0.3) is 0 Å². The second-order valence-corrected chi connectivity index (χ2v) is 6.67. The van der Waals surface area contributed by atoms with Gasteiger partial charge < -0.3 is 14.7 Å². The quantitative estimate of drug-likeness (QED) is 0.739. The van der Waals surface area contributed by atoms with Gasteiger partial charge in [0.2, 0.25) is 5.91 Å². The van der Waals surface area contributed by atoms with Gasteiger partial charge in [-0.25, -0.2) is 4.79 Å². The lowest BCUT2D eigenvalue weighted by Gasteiger charge is -2.37. The van der Waals surface area contributed by atoms with E-state index in [-0.39, 0.29) is 30.6 Å². The molecule has 24 heavy (non-hydrogen) atoms. The Morgan fingerprint density at radius 2 is 1.67 bits per heavy atom. The van der Waals surface area contributed by atoms with Crippen molar-refractivity contribution in [2.45, 2.75) is 26.7 Å². The average Bonchev–Trinajstić information content (AvgIpc) is 3.15. The maximum Gasteiger partial charge on any atom is 0.320 e. The molecule has 2 rings (SSSR count). The number of hydrogen-bond donors (Lipinski definition) is 0. The minimum Gasteiger partial charge on any atom is -0.339 e. The van der Waals surface area contributed by atoms with Crippen LogP contribution in [0.4, 0.5) is 4.79 Å². The number of carbonyl (C=O) groups excluding carboxylic acids is 3. The zero-order valence-corrected chi connectivity index (χ0v) is 15.2. The molecule has 0 spiro atoms. The summed E-state index contributed by atoms with van der Waals surface area (Å²) in [5.41, 5.74) is 0. The fourth-order valence-corrected chi connectivity index (χ4v) is 3.47. The fourth-order valence-electron chi connectivity index (χ4n) is 2.78. The Morgan fingerprint density at radius 3 is 2.21 bits per heavy atom. The van der Waals surface area contributed by atoms with Crippen LogP contribution in [0.5, 0.6) is 0 Å². The second kappa shape index (κ2) is 8.82. The Labute approximate surface area is 147 Å². The average molecular weight is 351 g/mol. The maximum atomic E-state index is 12.3. The smallest absolute Gasteiger partial charge is 0.320 e. The van der Waals surface area contributed by atoms with Crippen molar-refractivity contribution in [3.8, 4) is 0 Å². The van der Waals surface area contributed by atoms with Gasteiger partial charge in [-0.05, 0) is 25.3 Å². The summed E-state index contributed by atoms with van der Waals surface area (Å²) in [6.45, 7) is 7.51. The molecule has 6 nitrogen and oxygen atoms in total. The predicted octanol–water partition coefficient (Wildman–Crippen LogP) is 2.32. The molecule has 3 amide bonds. The number of carbonyl (C=O) groups is 3. The van der Waals surface area contributed by atoms with Gasteiger partial charge in [0.1, 0.15) is 0 Å². The number of amides is 3. The van der Waals surface area contributed by atoms with E-state index in [0.717, 1.165) is 0 Å². The van der Waals surface area contributed by atoms with Crippen LogP contribution in [0, 0.1) is 0 Å². The first-order valence-corrected chi connectivity index (χ1v) is 9.33. The highest BCUT2D eigenvalue weighted by atomic mass is 32.1. The van der Waals surface area contributed by atoms with E-state index in [1.807, 2.05) is 25.3 Å². The summed E-state index contributed by atoms with van der Waals surface area (Å²) >= 11 is 1.41. The van der Waals surface area contributed by atoms with E-state index >= 15 is 0 Å². The van der Waals surface area contributed by atoms with Gasteiger partial charge in [-0.15, -0.1) is 11.3 Å². The molecule has 0 radical (unpaired) electrons. The third-order valence-electron chi connectivity index (χ3n) is 4.30. The number of piperazine rings is 1. The number of hydrogen-bond acceptors (Lipinski definition) is 4. The molecule has 132 valence electrons. The molecule has 0 bridgehead atoms. The molecule has 0 N–H and O–H groups in total. The van der Waals surface area contributed by atoms with Gasteiger partial charge in [-0.1, -0.05) is 6.07 Å². The molecule has 0 aromatic carbocycles. The van der Waals surface area contributed by atoms with Crippen molar-refractivity contribution < 1.29 is 14.4 Å². The van der Waals surface area contributed by atoms with Crippen molar-refractivity contribution in [2.75, 3.05) is 39.3 Å². The van der Waals surface area contributed by atoms with Crippen LogP contribution in [-0.2, 0) is 4.79 Å². The second-order valence-electron chi connectivity index (χ2n) is 5.72. The zero-order chi connectivity index (χ0) is 17.5. The molecular formula is C17H25N3O3S. The molecule has 0 aliphatic carbocycles. The van der Waals surface area contributed by atoms with Gasteiger partial charge in [-0.2, -0.15) is 0 Å². The summed E-state index contributed by atoms with van der Waals surface area (Å²) < 4.78 is 0. The van der Waals surface area contributed by atoms with E-state index < -0.39 is 0 Å². The van der Waals surface area contributed by atoms with E-state index in [4.69, 9.17) is 0 Å². The van der Waals surface area contributed by atoms with E-state index in [1.54, 1.807) is 20.8 Å². The minimum absolute atomic E-state index is 0.00477. The van der Waals surface area contributed by atoms with Crippen molar-refractivity contribution in [3.05, 3.63) is 22.4 Å². The lowest BCUT2D eigenvalue weighted by atomic mass is 10.1. The van der Waals surface area contributed by atoms with Gasteiger partial charge in [0.15, 0.2) is 5.78 Å². The van der Waals surface area contributed by atoms with Crippen LogP contribution in [0.3, 0.4) is 0 Å². The fraction of sp³-hybridized carbons (Fsp3) is 0.588. The molecule has 1 aromatic heterocycles. The highest BCUT2D eigenvalue weighted by Crippen LogP contribution is 2.14. The largest absolute Gasteiger partial charge is 0.339 e. The topological polar surface area (TPSA) is 60.9 Å². The highest BCUT2D eigenvalue weighted by Gasteiger charge is 2.26. The van der Waals surface area contributed by atoms with Gasteiger partial charge in [-0.3, -0.25) is 9.59 Å². The predicted molar refractivity (Wildman–Crippen MR) is 94.4 cm³/mol. The standard InChI is InChI=1S/C17H25N3O3S/c1-3-18(4-2)17(23)20-11-9-19(10-12-20)16(22)8-7-14(21)15-6-5-13-24-15/h5-6,13H,3-4,7-12H2,1-2H3. The molecule has 0 unspecified atom stereocenters. The Bertz CT molecular complexity index is 562. The van der Waals surface area contributed by atoms with Gasteiger partial charge in [0.05, 0.1) is 4.88 Å². The van der Waals surface area contributed by atoms with E-state index in [1.165, 1.54) is 11.3 Å². The Morgan fingerprint density at radius 1 is 1.04 bits per heavy atom. The SMILES string of the molecule is CCN(CC)C(=O)N1CCN(C(=O)CCC(=O)c2cccs2)CC1. The first kappa shape index (κ1) is 18.4. The first-order valence-electron chi connectivity index (χ1n) is 8.45. The molecule has 1 fully saturated rings. The summed E-state index contributed by atoms with van der Waals surface area (Å²) in [6.07, 6.45) is 0.485. The summed E-state index contributed by atoms with van der Waals surface area (Å²) in [5.74, 6) is 0.0172. The highest BCUT2D eigenvalue weighted by molar-refractivity contribution is 7.12. The molecule has 1 aliphatic rings. The van der Waals surface area contributed by atoms with Crippen LogP contribution in [-0.4, -0.2) is 71.7 Å². The first-order chi connectivity index (χ1) is 11.6. The Balaban J connectivity index is 1.76. The third kappa shape index (κ3) is 4.56. The van der Waals surface area contributed by atoms with Crippen molar-refractivity contribution in [1.29, 1.82) is 0 Å². The van der Waals surface area contributed by atoms with Crippen molar-refractivity contribution >= 4 is 29.1 Å². The summed E-state index contributed by atoms with van der Waals surface area (Å²) in [4.78, 5) is 42.6. The monoisotopic (exact) mass is 351 g/mol. The number of ketones is 1. The van der Waals surface area contributed by atoms with E-state index in [0.29, 0.717) is 44.1 Å². The van der Waals surface area contributed by atoms with Crippen molar-refractivity contribution in [2.24, 2.45) is 0 Å². The molecule has 1 aromatic rings. The van der Waals surface area contributed by atoms with Crippen LogP contribution in [0.1, 0.15) is 36.4 Å². The van der Waals surface area contributed by atoms with Gasteiger partial charge in [0, 0.05) is 52.1 Å². The van der Waals surface area contributed by atoms with Gasteiger partial charge in [0.25, 0.3) is 0 Å². The van der Waals surface area contributed by atoms with Gasteiger partial charge >= 0.3 is 6.03 Å². The molecule has 1 aliphatic heterocycles. The molecule has 0 saturated carbocycles. The summed E-state index contributed by atoms with van der Waals surface area (Å²) in [5, 5.41) is 1.86. The van der Waals surface area contributed by atoms with Crippen molar-refractivity contribution in [3.63, 3.8) is 0 Å². The number of thiophene rings is 1. The summed E-state index contributed by atoms with van der Waals surface area (Å²) in [6, 6.07) is 3.67. The maximum absolute atomic E-state index is 12.3. The van der Waals surface area contributed by atoms with Crippen LogP contribution in [0.2, 0.25) is 0 Å². The Hall–Kier alpha value is -1.89. The Kier molecular flexibility index (Phi) is 6.78. The van der Waals surface area contributed by atoms with Crippen LogP contribution < -0.4 is 0 Å². The summed E-state index contributed by atoms with van der Waals surface area (Å²) in [7, 11) is 0. The number of urea groups is 1. The molecule has 0 atom stereocenters. The van der Waals surface area contributed by atoms with Crippen LogP contribution >= 0.6 is 11.3 Å². The zero-order valence-electron chi connectivity index (χ0n) is 14.4. The molecular weight excluding hydrogens is 326 g/mol. The normalized spacial score (nSPS) is 14.6. The lowest BCUT2D eigenvalue weighted by Crippen LogP contribution is -2.54. The number of nitrogens with zero attached hydrogens (tertiary/aromatic N) is 3. The van der Waals surface area contributed by atoms with Crippen LogP contribution in [0.15, 0.2) is 17.5 Å². The number of rotatable bonds is 6. The third-order valence-corrected chi connectivity index (χ3v) is 5.21. The lowest BCUT2D eigenvalue weighted by molar-refractivity contribution is -0.132. The van der Waals surface area contributed by atoms with Crippen molar-refractivity contribution in [1.82, 2.24) is 14.7 Å². The minimum atomic E-state index is -0.00477.